The molecule has 0 heterocycles. The molecule has 0 aromatic heterocycles. The molecule has 0 rings (SSSR count). The minimum Gasteiger partial charge on any atom is -1.00 e. The van der Waals surface area contributed by atoms with E-state index in [1.807, 2.05) is 0 Å². The average Bonchev–Trinajstić information content (AvgIpc) is 0. The molecule has 0 fully saturated rings. The normalized spacial score (nSPS) is 0. The second-order valence-corrected chi connectivity index (χ2v) is 0. The molecule has 0 amide bonds. The average molecular weight is 226 g/mol. The zero-order valence-corrected chi connectivity index (χ0v) is 6.08. The molecule has 0 aliphatic heterocycles. The molecule has 0 saturated carbocycles. The summed E-state index contributed by atoms with van der Waals surface area (Å²) >= 11 is 0. The van der Waals surface area contributed by atoms with Crippen molar-refractivity contribution in [2.24, 2.45) is 0 Å². The SMILES string of the molecule is N.[Cl-].[Cl-].[Cl-].[Rh+3]. The van der Waals surface area contributed by atoms with E-state index < -0.39 is 0 Å². The van der Waals surface area contributed by atoms with Gasteiger partial charge in [-0.2, -0.15) is 0 Å². The predicted octanol–water partition coefficient (Wildman–Crippen LogP) is -8.83. The molecule has 0 aromatic rings. The first-order valence-electron chi connectivity index (χ1n) is 0. The summed E-state index contributed by atoms with van der Waals surface area (Å²) in [4.78, 5) is 0. The molecular weight excluding hydrogens is 223 g/mol. The first kappa shape index (κ1) is 90.9. The van der Waals surface area contributed by atoms with Gasteiger partial charge >= 0.3 is 19.5 Å². The van der Waals surface area contributed by atoms with Gasteiger partial charge in [-0.15, -0.1) is 0 Å². The summed E-state index contributed by atoms with van der Waals surface area (Å²) in [5.41, 5.74) is 0. The summed E-state index contributed by atoms with van der Waals surface area (Å²) in [5.74, 6) is 0. The van der Waals surface area contributed by atoms with Crippen LogP contribution in [0.1, 0.15) is 0 Å². The predicted molar refractivity (Wildman–Crippen MR) is 5.02 cm³/mol. The zero-order valence-electron chi connectivity index (χ0n) is 2.17. The van der Waals surface area contributed by atoms with E-state index in [9.17, 15) is 0 Å². The van der Waals surface area contributed by atoms with Crippen LogP contribution >= 0.6 is 0 Å². The van der Waals surface area contributed by atoms with Crippen LogP contribution in [0.25, 0.3) is 0 Å². The Bertz CT molecular complexity index is 6.85. The third-order valence-electron chi connectivity index (χ3n) is 0. The Morgan fingerprint density at radius 2 is 0.600 bits per heavy atom. The molecule has 1 nitrogen and oxygen atoms in total. The minimum atomic E-state index is 0. The van der Waals surface area contributed by atoms with Gasteiger partial charge in [-0.05, 0) is 0 Å². The summed E-state index contributed by atoms with van der Waals surface area (Å²) in [5, 5.41) is 0. The smallest absolute Gasteiger partial charge is 1.00 e. The monoisotopic (exact) mass is 225 g/mol. The Labute approximate surface area is 62.8 Å². The van der Waals surface area contributed by atoms with Crippen molar-refractivity contribution in [3.8, 4) is 0 Å². The molecule has 0 radical (unpaired) electrons. The van der Waals surface area contributed by atoms with Crippen molar-refractivity contribution in [2.75, 3.05) is 0 Å². The molecule has 38 valence electrons. The van der Waals surface area contributed by atoms with Crippen molar-refractivity contribution >= 4 is 0 Å². The number of halogens is 3. The fraction of sp³-hybridized carbons (Fsp3) is 0. The molecule has 0 aliphatic rings. The van der Waals surface area contributed by atoms with Crippen molar-refractivity contribution in [3.63, 3.8) is 0 Å². The van der Waals surface area contributed by atoms with E-state index in [4.69, 9.17) is 0 Å². The number of rotatable bonds is 0. The Kier molecular flexibility index (Phi) is 930. The Morgan fingerprint density at radius 3 is 0.600 bits per heavy atom. The van der Waals surface area contributed by atoms with Crippen LogP contribution in [-0.2, 0) is 19.5 Å². The Hall–Kier alpha value is 1.45. The third-order valence-corrected chi connectivity index (χ3v) is 0. The zero-order chi connectivity index (χ0) is 0. The van der Waals surface area contributed by atoms with Gasteiger partial charge in [0.15, 0.2) is 0 Å². The van der Waals surface area contributed by atoms with Gasteiger partial charge in [0.25, 0.3) is 0 Å². The van der Waals surface area contributed by atoms with E-state index in [0.717, 1.165) is 0 Å². The molecule has 3 N–H and O–H groups in total. The van der Waals surface area contributed by atoms with Crippen molar-refractivity contribution in [2.45, 2.75) is 0 Å². The van der Waals surface area contributed by atoms with Crippen molar-refractivity contribution in [1.82, 2.24) is 6.15 Å². The quantitative estimate of drug-likeness (QED) is 0.409. The molecule has 0 aliphatic carbocycles. The van der Waals surface area contributed by atoms with Crippen molar-refractivity contribution in [3.05, 3.63) is 0 Å². The minimum absolute atomic E-state index is 0. The van der Waals surface area contributed by atoms with E-state index in [1.54, 1.807) is 0 Å². The Balaban J connectivity index is 0. The van der Waals surface area contributed by atoms with Crippen LogP contribution in [0.15, 0.2) is 0 Å². The summed E-state index contributed by atoms with van der Waals surface area (Å²) in [7, 11) is 0. The van der Waals surface area contributed by atoms with Gasteiger partial charge in [0, 0.05) is 0 Å². The van der Waals surface area contributed by atoms with Gasteiger partial charge in [0.05, 0.1) is 0 Å². The number of hydrogen-bond acceptors (Lipinski definition) is 1. The molecule has 0 atom stereocenters. The second-order valence-electron chi connectivity index (χ2n) is 0. The first-order chi connectivity index (χ1) is 0. The Morgan fingerprint density at radius 1 is 0.600 bits per heavy atom. The second kappa shape index (κ2) is 51.2. The van der Waals surface area contributed by atoms with Crippen LogP contribution in [0.5, 0.6) is 0 Å². The van der Waals surface area contributed by atoms with Gasteiger partial charge < -0.3 is 43.4 Å². The van der Waals surface area contributed by atoms with Gasteiger partial charge in [0.1, 0.15) is 0 Å². The van der Waals surface area contributed by atoms with E-state index in [2.05, 4.69) is 0 Å². The molecule has 0 bridgehead atoms. The molecule has 0 aromatic carbocycles. The fourth-order valence-electron chi connectivity index (χ4n) is 0. The number of hydrogen-bond donors (Lipinski definition) is 1. The maximum absolute atomic E-state index is 0. The summed E-state index contributed by atoms with van der Waals surface area (Å²) in [6.45, 7) is 0. The summed E-state index contributed by atoms with van der Waals surface area (Å²) in [6.07, 6.45) is 0. The van der Waals surface area contributed by atoms with Crippen molar-refractivity contribution < 1.29 is 56.7 Å². The molecule has 5 heteroatoms. The first-order valence-corrected chi connectivity index (χ1v) is 0. The molecule has 5 heavy (non-hydrogen) atoms. The molecule has 0 unspecified atom stereocenters. The maximum Gasteiger partial charge on any atom is 3.00 e. The topological polar surface area (TPSA) is 35.0 Å². The molecular formula is H3Cl3NRh. The van der Waals surface area contributed by atoms with Crippen LogP contribution in [0, 0.1) is 0 Å². The largest absolute Gasteiger partial charge is 3.00 e. The van der Waals surface area contributed by atoms with Crippen LogP contribution in [0.3, 0.4) is 0 Å². The van der Waals surface area contributed by atoms with Gasteiger partial charge in [-0.3, -0.25) is 0 Å². The van der Waals surface area contributed by atoms with Crippen LogP contribution in [0.4, 0.5) is 0 Å². The van der Waals surface area contributed by atoms with Crippen molar-refractivity contribution in [1.29, 1.82) is 0 Å². The molecule has 0 spiro atoms. The van der Waals surface area contributed by atoms with Gasteiger partial charge in [-0.1, -0.05) is 0 Å². The summed E-state index contributed by atoms with van der Waals surface area (Å²) < 4.78 is 0. The van der Waals surface area contributed by atoms with E-state index >= 15 is 0 Å². The standard InChI is InChI=1S/3ClH.H3N.Rh/h3*1H;1H3;/q;;;;+3/p-3. The summed E-state index contributed by atoms with van der Waals surface area (Å²) in [6, 6.07) is 0. The van der Waals surface area contributed by atoms with E-state index in [0.29, 0.717) is 0 Å². The fourth-order valence-corrected chi connectivity index (χ4v) is 0. The van der Waals surface area contributed by atoms with E-state index in [1.165, 1.54) is 0 Å². The molecule has 0 saturated heterocycles. The third kappa shape index (κ3) is 30.8. The maximum atomic E-state index is 0. The van der Waals surface area contributed by atoms with E-state index in [-0.39, 0.29) is 62.8 Å². The van der Waals surface area contributed by atoms with Gasteiger partial charge in [-0.25, -0.2) is 0 Å². The van der Waals surface area contributed by atoms with Gasteiger partial charge in [0.2, 0.25) is 0 Å². The van der Waals surface area contributed by atoms with Crippen LogP contribution in [0.2, 0.25) is 0 Å². The van der Waals surface area contributed by atoms with Crippen LogP contribution < -0.4 is 43.4 Å². The van der Waals surface area contributed by atoms with Crippen LogP contribution in [-0.4, -0.2) is 0 Å².